The van der Waals surface area contributed by atoms with Gasteiger partial charge in [0.15, 0.2) is 0 Å². The standard InChI is InChI=1S/C18H12FN5OS/c1-9-2-4-11-15-16(26-17(11)21-9)18(25)24(8-20-15)7-14-22-12-5-3-10(19)6-13(12)23-14/h2-6,8H,7H2,1H3,(H,22,23). The number of hydrogen-bond donors (Lipinski definition) is 1. The fourth-order valence-corrected chi connectivity index (χ4v) is 4.15. The van der Waals surface area contributed by atoms with Gasteiger partial charge in [0.05, 0.1) is 29.4 Å². The predicted octanol–water partition coefficient (Wildman–Crippen LogP) is 3.38. The van der Waals surface area contributed by atoms with Crippen molar-refractivity contribution in [3.63, 3.8) is 0 Å². The topological polar surface area (TPSA) is 76.5 Å². The van der Waals surface area contributed by atoms with Gasteiger partial charge in [0, 0.05) is 11.1 Å². The van der Waals surface area contributed by atoms with E-state index in [1.807, 2.05) is 19.1 Å². The first-order chi connectivity index (χ1) is 12.6. The van der Waals surface area contributed by atoms with Gasteiger partial charge in [-0.05, 0) is 37.3 Å². The smallest absolute Gasteiger partial charge is 0.271 e. The predicted molar refractivity (Wildman–Crippen MR) is 99.1 cm³/mol. The number of H-pyrrole nitrogens is 1. The highest BCUT2D eigenvalue weighted by Gasteiger charge is 2.13. The van der Waals surface area contributed by atoms with E-state index in [1.54, 1.807) is 6.07 Å². The number of halogens is 1. The molecule has 1 aromatic carbocycles. The molecule has 5 rings (SSSR count). The van der Waals surface area contributed by atoms with Crippen molar-refractivity contribution in [3.05, 3.63) is 64.3 Å². The Hall–Kier alpha value is -3.13. The summed E-state index contributed by atoms with van der Waals surface area (Å²) < 4.78 is 15.4. The summed E-state index contributed by atoms with van der Waals surface area (Å²) in [5.74, 6) is 0.241. The van der Waals surface area contributed by atoms with Crippen LogP contribution in [0, 0.1) is 12.7 Å². The maximum atomic E-state index is 13.3. The summed E-state index contributed by atoms with van der Waals surface area (Å²) >= 11 is 1.35. The third-order valence-electron chi connectivity index (χ3n) is 4.26. The fraction of sp³-hybridized carbons (Fsp3) is 0.111. The lowest BCUT2D eigenvalue weighted by atomic mass is 10.3. The highest BCUT2D eigenvalue weighted by atomic mass is 32.1. The molecule has 0 unspecified atom stereocenters. The summed E-state index contributed by atoms with van der Waals surface area (Å²) in [7, 11) is 0. The van der Waals surface area contributed by atoms with Gasteiger partial charge >= 0.3 is 0 Å². The number of benzene rings is 1. The molecule has 0 aliphatic rings. The maximum Gasteiger partial charge on any atom is 0.271 e. The van der Waals surface area contributed by atoms with Crippen LogP contribution in [0.1, 0.15) is 11.5 Å². The molecule has 0 fully saturated rings. The molecular formula is C18H12FN5OS. The molecule has 0 atom stereocenters. The summed E-state index contributed by atoms with van der Waals surface area (Å²) in [6, 6.07) is 8.21. The van der Waals surface area contributed by atoms with Crippen LogP contribution in [0.3, 0.4) is 0 Å². The van der Waals surface area contributed by atoms with Crippen LogP contribution in [-0.4, -0.2) is 24.5 Å². The van der Waals surface area contributed by atoms with E-state index in [-0.39, 0.29) is 17.9 Å². The van der Waals surface area contributed by atoms with E-state index in [0.29, 0.717) is 27.1 Å². The van der Waals surface area contributed by atoms with Crippen LogP contribution in [0.4, 0.5) is 4.39 Å². The SMILES string of the molecule is Cc1ccc2c(n1)sc1c(=O)n(Cc3nc4ccc(F)cc4[nH]3)cnc12. The Morgan fingerprint density at radius 3 is 3.00 bits per heavy atom. The molecule has 4 heterocycles. The van der Waals surface area contributed by atoms with Gasteiger partial charge < -0.3 is 4.98 Å². The normalized spacial score (nSPS) is 11.8. The molecule has 6 nitrogen and oxygen atoms in total. The first-order valence-corrected chi connectivity index (χ1v) is 8.79. The summed E-state index contributed by atoms with van der Waals surface area (Å²) in [4.78, 5) is 30.1. The van der Waals surface area contributed by atoms with Gasteiger partial charge in [0.1, 0.15) is 21.2 Å². The second-order valence-electron chi connectivity index (χ2n) is 6.11. The number of aromatic nitrogens is 5. The van der Waals surface area contributed by atoms with Crippen LogP contribution in [0.15, 0.2) is 41.5 Å². The lowest BCUT2D eigenvalue weighted by Gasteiger charge is -2.02. The molecule has 0 radical (unpaired) electrons. The van der Waals surface area contributed by atoms with Crippen LogP contribution in [0.5, 0.6) is 0 Å². The van der Waals surface area contributed by atoms with Gasteiger partial charge in [-0.15, -0.1) is 11.3 Å². The van der Waals surface area contributed by atoms with Gasteiger partial charge in [0.25, 0.3) is 5.56 Å². The Balaban J connectivity index is 1.63. The third kappa shape index (κ3) is 2.30. The molecule has 128 valence electrons. The number of aryl methyl sites for hydroxylation is 1. The molecule has 0 bridgehead atoms. The van der Waals surface area contributed by atoms with Crippen molar-refractivity contribution in [2.24, 2.45) is 0 Å². The van der Waals surface area contributed by atoms with Crippen molar-refractivity contribution in [3.8, 4) is 0 Å². The number of imidazole rings is 1. The Kier molecular flexibility index (Phi) is 3.17. The molecule has 0 saturated carbocycles. The van der Waals surface area contributed by atoms with E-state index in [1.165, 1.54) is 34.4 Å². The van der Waals surface area contributed by atoms with Crippen LogP contribution in [0.2, 0.25) is 0 Å². The molecular weight excluding hydrogens is 353 g/mol. The summed E-state index contributed by atoms with van der Waals surface area (Å²) in [6.45, 7) is 2.15. The van der Waals surface area contributed by atoms with Crippen molar-refractivity contribution < 1.29 is 4.39 Å². The number of nitrogens with zero attached hydrogens (tertiary/aromatic N) is 4. The number of rotatable bonds is 2. The minimum Gasteiger partial charge on any atom is -0.340 e. The quantitative estimate of drug-likeness (QED) is 0.520. The van der Waals surface area contributed by atoms with E-state index in [4.69, 9.17) is 0 Å². The zero-order valence-electron chi connectivity index (χ0n) is 13.7. The second kappa shape index (κ2) is 5.43. The number of thiophene rings is 1. The molecule has 0 spiro atoms. The zero-order chi connectivity index (χ0) is 17.8. The molecule has 0 aliphatic heterocycles. The van der Waals surface area contributed by atoms with Crippen LogP contribution in [-0.2, 0) is 6.54 Å². The largest absolute Gasteiger partial charge is 0.340 e. The number of nitrogens with one attached hydrogen (secondary N) is 1. The zero-order valence-corrected chi connectivity index (χ0v) is 14.5. The molecule has 0 saturated heterocycles. The minimum atomic E-state index is -0.332. The molecule has 0 aliphatic carbocycles. The number of aromatic amines is 1. The van der Waals surface area contributed by atoms with Gasteiger partial charge in [-0.2, -0.15) is 0 Å². The van der Waals surface area contributed by atoms with Crippen molar-refractivity contribution in [2.45, 2.75) is 13.5 Å². The van der Waals surface area contributed by atoms with Crippen LogP contribution >= 0.6 is 11.3 Å². The number of fused-ring (bicyclic) bond motifs is 4. The summed E-state index contributed by atoms with van der Waals surface area (Å²) in [5, 5.41) is 0.888. The lowest BCUT2D eigenvalue weighted by molar-refractivity contribution is 0.629. The second-order valence-corrected chi connectivity index (χ2v) is 7.11. The molecule has 8 heteroatoms. The lowest BCUT2D eigenvalue weighted by Crippen LogP contribution is -2.20. The molecule has 0 amide bonds. The van der Waals surface area contributed by atoms with E-state index < -0.39 is 0 Å². The summed E-state index contributed by atoms with van der Waals surface area (Å²) in [6.07, 6.45) is 1.52. The minimum absolute atomic E-state index is 0.137. The number of pyridine rings is 1. The van der Waals surface area contributed by atoms with Crippen LogP contribution in [0.25, 0.3) is 31.5 Å². The van der Waals surface area contributed by atoms with Crippen molar-refractivity contribution in [2.75, 3.05) is 0 Å². The molecule has 26 heavy (non-hydrogen) atoms. The molecule has 5 aromatic rings. The Labute approximate surface area is 150 Å². The van der Waals surface area contributed by atoms with Crippen molar-refractivity contribution in [1.82, 2.24) is 24.5 Å². The fourth-order valence-electron chi connectivity index (χ4n) is 3.03. The first-order valence-electron chi connectivity index (χ1n) is 7.98. The average molecular weight is 365 g/mol. The number of hydrogen-bond acceptors (Lipinski definition) is 5. The molecule has 4 aromatic heterocycles. The first kappa shape index (κ1) is 15.2. The van der Waals surface area contributed by atoms with Crippen LogP contribution < -0.4 is 5.56 Å². The van der Waals surface area contributed by atoms with E-state index in [9.17, 15) is 9.18 Å². The van der Waals surface area contributed by atoms with E-state index in [0.717, 1.165) is 15.9 Å². The average Bonchev–Trinajstić information content (AvgIpc) is 3.17. The van der Waals surface area contributed by atoms with Gasteiger partial charge in [-0.3, -0.25) is 9.36 Å². The third-order valence-corrected chi connectivity index (χ3v) is 5.34. The van der Waals surface area contributed by atoms with Crippen molar-refractivity contribution in [1.29, 1.82) is 0 Å². The maximum absolute atomic E-state index is 13.3. The van der Waals surface area contributed by atoms with Gasteiger partial charge in [-0.1, -0.05) is 0 Å². The van der Waals surface area contributed by atoms with Crippen molar-refractivity contribution >= 4 is 42.8 Å². The highest BCUT2D eigenvalue weighted by Crippen LogP contribution is 2.28. The van der Waals surface area contributed by atoms with Gasteiger partial charge in [-0.25, -0.2) is 19.3 Å². The Bertz CT molecular complexity index is 1370. The molecule has 1 N–H and O–H groups in total. The van der Waals surface area contributed by atoms with E-state index >= 15 is 0 Å². The van der Waals surface area contributed by atoms with Gasteiger partial charge in [0.2, 0.25) is 0 Å². The van der Waals surface area contributed by atoms with E-state index in [2.05, 4.69) is 19.9 Å². The monoisotopic (exact) mass is 365 g/mol. The Morgan fingerprint density at radius 2 is 2.12 bits per heavy atom. The Morgan fingerprint density at radius 1 is 1.23 bits per heavy atom. The highest BCUT2D eigenvalue weighted by molar-refractivity contribution is 7.25. The summed E-state index contributed by atoms with van der Waals surface area (Å²) in [5.41, 5.74) is 2.69.